The van der Waals surface area contributed by atoms with Crippen molar-refractivity contribution in [1.29, 1.82) is 0 Å². The number of allylic oxidation sites excluding steroid dienone is 3. The Hall–Kier alpha value is -0.170. The summed E-state index contributed by atoms with van der Waals surface area (Å²) in [5.41, 5.74) is 0. The van der Waals surface area contributed by atoms with E-state index in [1.54, 1.807) is 0 Å². The van der Waals surface area contributed by atoms with Gasteiger partial charge in [0.25, 0.3) is 0 Å². The quantitative estimate of drug-likeness (QED) is 0.562. The Labute approximate surface area is 74.8 Å². The monoisotopic (exact) mass is 170 g/mol. The molecule has 0 aromatic heterocycles. The van der Waals surface area contributed by atoms with Crippen molar-refractivity contribution in [3.05, 3.63) is 23.1 Å². The molecule has 0 unspecified atom stereocenters. The summed E-state index contributed by atoms with van der Waals surface area (Å²) < 4.78 is 0. The molecule has 0 amide bonds. The molecule has 0 bridgehead atoms. The Morgan fingerprint density at radius 3 is 2.55 bits per heavy atom. The van der Waals surface area contributed by atoms with Crippen molar-refractivity contribution in [3.8, 4) is 0 Å². The summed E-state index contributed by atoms with van der Waals surface area (Å²) in [7, 11) is 0. The maximum atomic E-state index is 2.21. The van der Waals surface area contributed by atoms with E-state index in [0.717, 1.165) is 6.42 Å². The molecule has 0 heterocycles. The van der Waals surface area contributed by atoms with Crippen molar-refractivity contribution in [2.24, 2.45) is 0 Å². The SMILES string of the molecule is C/C=C(\C=C/CC)SCCC. The molecule has 0 radical (unpaired) electrons. The van der Waals surface area contributed by atoms with Gasteiger partial charge in [0.15, 0.2) is 0 Å². The number of rotatable bonds is 5. The second-order valence-corrected chi connectivity index (χ2v) is 3.52. The van der Waals surface area contributed by atoms with E-state index in [1.807, 2.05) is 11.8 Å². The molecular weight excluding hydrogens is 152 g/mol. The van der Waals surface area contributed by atoms with Crippen LogP contribution in [0.3, 0.4) is 0 Å². The zero-order chi connectivity index (χ0) is 8.53. The number of hydrogen-bond acceptors (Lipinski definition) is 1. The molecule has 0 aliphatic rings. The highest BCUT2D eigenvalue weighted by Gasteiger charge is 1.88. The lowest BCUT2D eigenvalue weighted by molar-refractivity contribution is 1.11. The fourth-order valence-electron chi connectivity index (χ4n) is 0.682. The molecule has 0 fully saturated rings. The highest BCUT2D eigenvalue weighted by molar-refractivity contribution is 8.03. The highest BCUT2D eigenvalue weighted by atomic mass is 32.2. The van der Waals surface area contributed by atoms with Crippen molar-refractivity contribution in [2.45, 2.75) is 33.6 Å². The fraction of sp³-hybridized carbons (Fsp3) is 0.600. The Kier molecular flexibility index (Phi) is 7.81. The predicted octanol–water partition coefficient (Wildman–Crippen LogP) is 4.00. The third-order valence-electron chi connectivity index (χ3n) is 1.28. The van der Waals surface area contributed by atoms with E-state index in [0.29, 0.717) is 0 Å². The Morgan fingerprint density at radius 2 is 2.09 bits per heavy atom. The zero-order valence-electron chi connectivity index (χ0n) is 7.76. The minimum atomic E-state index is 1.13. The van der Waals surface area contributed by atoms with Gasteiger partial charge in [-0.2, -0.15) is 0 Å². The molecule has 0 aliphatic heterocycles. The third kappa shape index (κ3) is 6.24. The van der Waals surface area contributed by atoms with Gasteiger partial charge in [-0.25, -0.2) is 0 Å². The lowest BCUT2D eigenvalue weighted by atomic mass is 10.4. The Balaban J connectivity index is 3.68. The van der Waals surface area contributed by atoms with E-state index in [9.17, 15) is 0 Å². The molecule has 0 aliphatic carbocycles. The van der Waals surface area contributed by atoms with E-state index in [4.69, 9.17) is 0 Å². The van der Waals surface area contributed by atoms with Gasteiger partial charge < -0.3 is 0 Å². The Bertz CT molecular complexity index is 134. The summed E-state index contributed by atoms with van der Waals surface area (Å²) in [5, 5.41) is 0. The van der Waals surface area contributed by atoms with Gasteiger partial charge in [0.2, 0.25) is 0 Å². The van der Waals surface area contributed by atoms with Crippen LogP contribution in [0.5, 0.6) is 0 Å². The standard InChI is InChI=1S/C10H18S/c1-4-7-8-10(6-3)11-9-5-2/h6-8H,4-5,9H2,1-3H3/b8-7-,10-6+. The highest BCUT2D eigenvalue weighted by Crippen LogP contribution is 2.17. The molecule has 0 N–H and O–H groups in total. The van der Waals surface area contributed by atoms with E-state index in [1.165, 1.54) is 17.1 Å². The third-order valence-corrected chi connectivity index (χ3v) is 2.59. The second-order valence-electron chi connectivity index (χ2n) is 2.35. The molecular formula is C10H18S. The van der Waals surface area contributed by atoms with E-state index >= 15 is 0 Å². The molecule has 64 valence electrons. The van der Waals surface area contributed by atoms with Gasteiger partial charge in [0.05, 0.1) is 0 Å². The first-order chi connectivity index (χ1) is 5.35. The molecule has 0 nitrogen and oxygen atoms in total. The van der Waals surface area contributed by atoms with Gasteiger partial charge in [0, 0.05) is 4.91 Å². The average Bonchev–Trinajstić information content (AvgIpc) is 2.05. The Morgan fingerprint density at radius 1 is 1.36 bits per heavy atom. The van der Waals surface area contributed by atoms with Gasteiger partial charge >= 0.3 is 0 Å². The summed E-state index contributed by atoms with van der Waals surface area (Å²) in [5.74, 6) is 1.23. The molecule has 0 aromatic carbocycles. The van der Waals surface area contributed by atoms with Crippen LogP contribution >= 0.6 is 11.8 Å². The maximum absolute atomic E-state index is 2.21. The van der Waals surface area contributed by atoms with Crippen LogP contribution < -0.4 is 0 Å². The van der Waals surface area contributed by atoms with Crippen molar-refractivity contribution >= 4 is 11.8 Å². The van der Waals surface area contributed by atoms with Crippen LogP contribution in [-0.2, 0) is 0 Å². The van der Waals surface area contributed by atoms with Crippen molar-refractivity contribution in [3.63, 3.8) is 0 Å². The minimum Gasteiger partial charge on any atom is -0.127 e. The van der Waals surface area contributed by atoms with Gasteiger partial charge in [-0.15, -0.1) is 11.8 Å². The maximum Gasteiger partial charge on any atom is 0.00260 e. The zero-order valence-corrected chi connectivity index (χ0v) is 8.58. The largest absolute Gasteiger partial charge is 0.127 e. The summed E-state index contributed by atoms with van der Waals surface area (Å²) in [6.45, 7) is 6.47. The van der Waals surface area contributed by atoms with Gasteiger partial charge in [-0.1, -0.05) is 32.1 Å². The van der Waals surface area contributed by atoms with E-state index < -0.39 is 0 Å². The summed E-state index contributed by atoms with van der Waals surface area (Å²) >= 11 is 1.94. The van der Waals surface area contributed by atoms with Gasteiger partial charge in [-0.05, 0) is 25.5 Å². The summed E-state index contributed by atoms with van der Waals surface area (Å²) in [6, 6.07) is 0. The molecule has 0 spiro atoms. The van der Waals surface area contributed by atoms with Crippen LogP contribution in [-0.4, -0.2) is 5.75 Å². The summed E-state index contributed by atoms with van der Waals surface area (Å²) in [6.07, 6.45) is 8.97. The van der Waals surface area contributed by atoms with Crippen LogP contribution in [0.4, 0.5) is 0 Å². The molecule has 11 heavy (non-hydrogen) atoms. The molecule has 0 saturated heterocycles. The van der Waals surface area contributed by atoms with Crippen molar-refractivity contribution in [2.75, 3.05) is 5.75 Å². The van der Waals surface area contributed by atoms with Gasteiger partial charge in [-0.3, -0.25) is 0 Å². The molecule has 0 rings (SSSR count). The summed E-state index contributed by atoms with van der Waals surface area (Å²) in [4.78, 5) is 1.40. The molecule has 0 atom stereocenters. The van der Waals surface area contributed by atoms with E-state index in [2.05, 4.69) is 39.0 Å². The van der Waals surface area contributed by atoms with Gasteiger partial charge in [0.1, 0.15) is 0 Å². The molecule has 0 aromatic rings. The first-order valence-electron chi connectivity index (χ1n) is 4.30. The van der Waals surface area contributed by atoms with Crippen LogP contribution in [0.1, 0.15) is 33.6 Å². The smallest absolute Gasteiger partial charge is 0.00260 e. The minimum absolute atomic E-state index is 1.13. The van der Waals surface area contributed by atoms with Crippen molar-refractivity contribution < 1.29 is 0 Å². The van der Waals surface area contributed by atoms with Crippen LogP contribution in [0.15, 0.2) is 23.1 Å². The number of thioether (sulfide) groups is 1. The topological polar surface area (TPSA) is 0 Å². The molecule has 0 saturated carbocycles. The fourth-order valence-corrected chi connectivity index (χ4v) is 1.48. The van der Waals surface area contributed by atoms with Crippen LogP contribution in [0.25, 0.3) is 0 Å². The van der Waals surface area contributed by atoms with Crippen LogP contribution in [0, 0.1) is 0 Å². The second kappa shape index (κ2) is 7.93. The lowest BCUT2D eigenvalue weighted by Gasteiger charge is -1.97. The normalized spacial score (nSPS) is 12.8. The average molecular weight is 170 g/mol. The first-order valence-corrected chi connectivity index (χ1v) is 5.29. The lowest BCUT2D eigenvalue weighted by Crippen LogP contribution is -1.75. The van der Waals surface area contributed by atoms with E-state index in [-0.39, 0.29) is 0 Å². The van der Waals surface area contributed by atoms with Crippen LogP contribution in [0.2, 0.25) is 0 Å². The first kappa shape index (κ1) is 10.8. The number of hydrogen-bond donors (Lipinski definition) is 0. The molecule has 1 heteroatoms. The van der Waals surface area contributed by atoms with Crippen molar-refractivity contribution in [1.82, 2.24) is 0 Å². The predicted molar refractivity (Wildman–Crippen MR) is 55.9 cm³/mol.